The van der Waals surface area contributed by atoms with Crippen LogP contribution in [0.15, 0.2) is 90.7 Å². The van der Waals surface area contributed by atoms with Crippen molar-refractivity contribution in [2.45, 2.75) is 81.1 Å². The van der Waals surface area contributed by atoms with E-state index in [1.807, 2.05) is 96.2 Å². The molecule has 0 heterocycles. The molecule has 0 radical (unpaired) electrons. The van der Waals surface area contributed by atoms with Crippen LogP contribution in [0.3, 0.4) is 0 Å². The van der Waals surface area contributed by atoms with E-state index in [9.17, 15) is 4.79 Å². The number of allylic oxidation sites excluding steroid dienone is 6. The van der Waals surface area contributed by atoms with Gasteiger partial charge in [-0.05, 0) is 68.2 Å². The minimum Gasteiger partial charge on any atom is -0.398 e. The molecule has 4 N–H and O–H groups in total. The van der Waals surface area contributed by atoms with Crippen LogP contribution in [0.5, 0.6) is 0 Å². The SMILES string of the molecule is C=C(/C=C\C=C/C)CNCCCC.C=C(C(=O)NCCCC)/C(N)=C\C(=C/C)c1ccc(Cl)cc1.CC.CC. The van der Waals surface area contributed by atoms with Gasteiger partial charge in [0.15, 0.2) is 0 Å². The number of halogens is 1. The Morgan fingerprint density at radius 1 is 0.949 bits per heavy atom. The Labute approximate surface area is 245 Å². The van der Waals surface area contributed by atoms with E-state index in [1.54, 1.807) is 6.08 Å². The molecule has 1 aromatic carbocycles. The van der Waals surface area contributed by atoms with Gasteiger partial charge in [-0.2, -0.15) is 0 Å². The fourth-order valence-electron chi connectivity index (χ4n) is 2.76. The van der Waals surface area contributed by atoms with E-state index >= 15 is 0 Å². The highest BCUT2D eigenvalue weighted by Gasteiger charge is 2.10. The van der Waals surface area contributed by atoms with Crippen LogP contribution in [0.4, 0.5) is 0 Å². The average molecular weight is 558 g/mol. The van der Waals surface area contributed by atoms with Gasteiger partial charge in [0.2, 0.25) is 0 Å². The van der Waals surface area contributed by atoms with Crippen molar-refractivity contribution in [2.75, 3.05) is 19.6 Å². The highest BCUT2D eigenvalue weighted by atomic mass is 35.5. The maximum Gasteiger partial charge on any atom is 0.252 e. The summed E-state index contributed by atoms with van der Waals surface area (Å²) in [6.45, 7) is 26.5. The Morgan fingerprint density at radius 2 is 1.51 bits per heavy atom. The number of benzene rings is 1. The maximum atomic E-state index is 11.9. The number of hydrogen-bond donors (Lipinski definition) is 3. The van der Waals surface area contributed by atoms with Gasteiger partial charge in [0, 0.05) is 23.8 Å². The number of hydrogen-bond acceptors (Lipinski definition) is 3. The molecule has 5 heteroatoms. The third-order valence-electron chi connectivity index (χ3n) is 4.93. The van der Waals surface area contributed by atoms with Crippen molar-refractivity contribution in [1.82, 2.24) is 10.6 Å². The van der Waals surface area contributed by atoms with Gasteiger partial charge in [-0.3, -0.25) is 4.79 Å². The van der Waals surface area contributed by atoms with Gasteiger partial charge in [0.05, 0.1) is 5.57 Å². The molecule has 0 atom stereocenters. The van der Waals surface area contributed by atoms with Gasteiger partial charge in [-0.25, -0.2) is 0 Å². The van der Waals surface area contributed by atoms with Gasteiger partial charge in [-0.15, -0.1) is 0 Å². The van der Waals surface area contributed by atoms with Crippen LogP contribution < -0.4 is 16.4 Å². The first-order valence-corrected chi connectivity index (χ1v) is 14.7. The maximum absolute atomic E-state index is 11.9. The standard InChI is InChI=1S/C18H23ClN2O.C12H21N.2C2H6/c1-4-6-11-21-18(22)13(3)17(20)12-14(5-2)15-7-9-16(19)10-8-15;1-4-6-8-9-12(3)11-13-10-7-5-2;2*1-2/h5,7-10,12H,3-4,6,11,20H2,1-2H3,(H,21,22);4,6,8-9,13H,3,5,7,10-11H2,1-2H3;2*1-2H3/b14-5+,17-12+;6-4-,9-8-;;. The quantitative estimate of drug-likeness (QED) is 0.121. The number of rotatable bonds is 14. The lowest BCUT2D eigenvalue weighted by molar-refractivity contribution is -0.117. The van der Waals surface area contributed by atoms with Crippen molar-refractivity contribution in [3.05, 3.63) is 101 Å². The smallest absolute Gasteiger partial charge is 0.252 e. The third-order valence-corrected chi connectivity index (χ3v) is 5.18. The van der Waals surface area contributed by atoms with Crippen LogP contribution in [0.1, 0.15) is 86.6 Å². The Hall–Kier alpha value is -2.82. The predicted molar refractivity (Wildman–Crippen MR) is 178 cm³/mol. The lowest BCUT2D eigenvalue weighted by Crippen LogP contribution is -2.27. The summed E-state index contributed by atoms with van der Waals surface area (Å²) in [6, 6.07) is 7.45. The number of nitrogens with two attached hydrogens (primary N) is 1. The summed E-state index contributed by atoms with van der Waals surface area (Å²) >= 11 is 5.89. The van der Waals surface area contributed by atoms with Crippen molar-refractivity contribution >= 4 is 23.1 Å². The van der Waals surface area contributed by atoms with Gasteiger partial charge in [-0.1, -0.05) is 122 Å². The monoisotopic (exact) mass is 557 g/mol. The summed E-state index contributed by atoms with van der Waals surface area (Å²) in [6.07, 6.45) is 16.2. The molecule has 1 aromatic rings. The molecular formula is C34H56ClN3O. The van der Waals surface area contributed by atoms with Gasteiger partial charge >= 0.3 is 0 Å². The molecule has 0 unspecified atom stereocenters. The first-order chi connectivity index (χ1) is 18.8. The molecule has 220 valence electrons. The molecule has 0 aliphatic rings. The summed E-state index contributed by atoms with van der Waals surface area (Å²) in [7, 11) is 0. The zero-order valence-electron chi connectivity index (χ0n) is 26.0. The van der Waals surface area contributed by atoms with Crippen molar-refractivity contribution < 1.29 is 4.79 Å². The highest BCUT2D eigenvalue weighted by Crippen LogP contribution is 2.20. The predicted octanol–water partition coefficient (Wildman–Crippen LogP) is 9.18. The molecule has 0 aromatic heterocycles. The molecule has 1 amide bonds. The average Bonchev–Trinajstić information content (AvgIpc) is 2.96. The van der Waals surface area contributed by atoms with E-state index in [0.29, 0.717) is 17.3 Å². The molecule has 0 bridgehead atoms. The fraction of sp³-hybridized carbons (Fsp3) is 0.441. The van der Waals surface area contributed by atoms with Gasteiger partial charge < -0.3 is 16.4 Å². The summed E-state index contributed by atoms with van der Waals surface area (Å²) < 4.78 is 0. The number of amides is 1. The Kier molecular flexibility index (Phi) is 31.0. The third kappa shape index (κ3) is 22.8. The summed E-state index contributed by atoms with van der Waals surface area (Å²) in [5.74, 6) is -0.228. The lowest BCUT2D eigenvalue weighted by atomic mass is 10.0. The largest absolute Gasteiger partial charge is 0.398 e. The zero-order chi connectivity index (χ0) is 30.5. The van der Waals surface area contributed by atoms with Crippen LogP contribution in [-0.2, 0) is 4.79 Å². The second-order valence-electron chi connectivity index (χ2n) is 8.01. The number of unbranched alkanes of at least 4 members (excludes halogenated alkanes) is 2. The van der Waals surface area contributed by atoms with E-state index in [-0.39, 0.29) is 11.5 Å². The minimum absolute atomic E-state index is 0.228. The van der Waals surface area contributed by atoms with Gasteiger partial charge in [0.1, 0.15) is 0 Å². The summed E-state index contributed by atoms with van der Waals surface area (Å²) in [5, 5.41) is 6.82. The van der Waals surface area contributed by atoms with Crippen LogP contribution in [-0.4, -0.2) is 25.5 Å². The number of nitrogens with one attached hydrogen (secondary N) is 2. The lowest BCUT2D eigenvalue weighted by Gasteiger charge is -2.09. The van der Waals surface area contributed by atoms with Crippen molar-refractivity contribution in [2.24, 2.45) is 5.73 Å². The molecule has 4 nitrogen and oxygen atoms in total. The normalized spacial score (nSPS) is 11.0. The van der Waals surface area contributed by atoms with Crippen LogP contribution >= 0.6 is 11.6 Å². The van der Waals surface area contributed by atoms with Gasteiger partial charge in [0.25, 0.3) is 5.91 Å². The molecule has 0 fully saturated rings. The number of carbonyl (C=O) groups is 1. The van der Waals surface area contributed by atoms with E-state index in [1.165, 1.54) is 12.8 Å². The van der Waals surface area contributed by atoms with Crippen LogP contribution in [0.25, 0.3) is 5.57 Å². The Morgan fingerprint density at radius 3 is 2.03 bits per heavy atom. The molecule has 0 aliphatic carbocycles. The van der Waals surface area contributed by atoms with Crippen molar-refractivity contribution in [3.8, 4) is 0 Å². The van der Waals surface area contributed by atoms with E-state index < -0.39 is 0 Å². The Balaban J connectivity index is -0.000000651. The molecule has 0 saturated carbocycles. The fourth-order valence-corrected chi connectivity index (χ4v) is 2.89. The second-order valence-corrected chi connectivity index (χ2v) is 8.45. The molecule has 1 rings (SSSR count). The highest BCUT2D eigenvalue weighted by molar-refractivity contribution is 6.30. The molecule has 0 aliphatic heterocycles. The molecular weight excluding hydrogens is 502 g/mol. The Bertz CT molecular complexity index is 894. The first kappa shape index (κ1) is 40.7. The van der Waals surface area contributed by atoms with Crippen LogP contribution in [0.2, 0.25) is 5.02 Å². The molecule has 39 heavy (non-hydrogen) atoms. The van der Waals surface area contributed by atoms with Crippen molar-refractivity contribution in [1.29, 1.82) is 0 Å². The second kappa shape index (κ2) is 29.7. The zero-order valence-corrected chi connectivity index (χ0v) is 26.8. The van der Waals surface area contributed by atoms with Crippen LogP contribution in [0, 0.1) is 0 Å². The summed E-state index contributed by atoms with van der Waals surface area (Å²) in [4.78, 5) is 11.9. The number of carbonyl (C=O) groups excluding carboxylic acids is 1. The van der Waals surface area contributed by atoms with E-state index in [2.05, 4.69) is 37.6 Å². The topological polar surface area (TPSA) is 67.2 Å². The minimum atomic E-state index is -0.228. The first-order valence-electron chi connectivity index (χ1n) is 14.3. The summed E-state index contributed by atoms with van der Waals surface area (Å²) in [5.41, 5.74) is 9.67. The molecule has 0 saturated heterocycles. The van der Waals surface area contributed by atoms with E-state index in [4.69, 9.17) is 17.3 Å². The van der Waals surface area contributed by atoms with E-state index in [0.717, 1.165) is 42.6 Å². The molecule has 0 spiro atoms. The van der Waals surface area contributed by atoms with Crippen molar-refractivity contribution in [3.63, 3.8) is 0 Å².